The number of benzene rings is 2. The van der Waals surface area contributed by atoms with Crippen LogP contribution in [-0.4, -0.2) is 14.8 Å². The highest BCUT2D eigenvalue weighted by molar-refractivity contribution is 7.20. The van der Waals surface area contributed by atoms with Gasteiger partial charge in [-0.3, -0.25) is 9.89 Å². The number of aryl methyl sites for hydroxylation is 1. The van der Waals surface area contributed by atoms with Crippen LogP contribution >= 0.6 is 11.3 Å². The molecule has 0 radical (unpaired) electrons. The van der Waals surface area contributed by atoms with Crippen molar-refractivity contribution in [2.24, 2.45) is 0 Å². The van der Waals surface area contributed by atoms with Gasteiger partial charge >= 0.3 is 5.56 Å². The van der Waals surface area contributed by atoms with Crippen LogP contribution in [0.1, 0.15) is 11.1 Å². The summed E-state index contributed by atoms with van der Waals surface area (Å²) in [7, 11) is 0. The molecule has 0 atom stereocenters. The van der Waals surface area contributed by atoms with E-state index in [-0.39, 0.29) is 5.56 Å². The number of para-hydroxylation sites is 1. The largest absolute Gasteiger partial charge is 0.481 e. The highest BCUT2D eigenvalue weighted by Crippen LogP contribution is 2.35. The lowest BCUT2D eigenvalue weighted by molar-refractivity contribution is 0.299. The number of rotatable bonds is 1. The summed E-state index contributed by atoms with van der Waals surface area (Å²) in [6.45, 7) is 2.43. The highest BCUT2D eigenvalue weighted by atomic mass is 32.1. The van der Waals surface area contributed by atoms with Gasteiger partial charge in [0.05, 0.1) is 10.2 Å². The molecule has 1 aliphatic rings. The van der Waals surface area contributed by atoms with Crippen LogP contribution in [-0.2, 0) is 6.61 Å². The average molecular weight is 335 g/mol. The Morgan fingerprint density at radius 2 is 2.08 bits per heavy atom. The fraction of sp³-hybridized carbons (Fsp3) is 0.111. The van der Waals surface area contributed by atoms with E-state index >= 15 is 0 Å². The first-order valence-corrected chi connectivity index (χ1v) is 8.46. The topological polar surface area (TPSA) is 59.9 Å². The molecule has 2 aromatic heterocycles. The van der Waals surface area contributed by atoms with Crippen LogP contribution in [0, 0.1) is 6.92 Å². The molecule has 5 nitrogen and oxygen atoms in total. The Bertz CT molecular complexity index is 1150. The number of nitrogens with one attached hydrogen (secondary N) is 1. The Morgan fingerprint density at radius 3 is 2.96 bits per heavy atom. The Kier molecular flexibility index (Phi) is 2.72. The van der Waals surface area contributed by atoms with E-state index in [1.165, 1.54) is 16.0 Å². The predicted molar refractivity (Wildman–Crippen MR) is 94.1 cm³/mol. The van der Waals surface area contributed by atoms with Crippen LogP contribution in [0.5, 0.6) is 5.75 Å². The molecule has 0 unspecified atom stereocenters. The third-order valence-electron chi connectivity index (χ3n) is 4.31. The summed E-state index contributed by atoms with van der Waals surface area (Å²) in [6, 6.07) is 14.0. The van der Waals surface area contributed by atoms with Gasteiger partial charge in [-0.1, -0.05) is 47.7 Å². The number of thiazole rings is 1. The molecule has 1 N–H and O–H groups in total. The van der Waals surface area contributed by atoms with Crippen LogP contribution < -0.4 is 10.3 Å². The summed E-state index contributed by atoms with van der Waals surface area (Å²) < 4.78 is 8.24. The second-order valence-corrected chi connectivity index (χ2v) is 6.83. The normalized spacial score (nSPS) is 12.7. The van der Waals surface area contributed by atoms with E-state index in [0.29, 0.717) is 17.5 Å². The first kappa shape index (κ1) is 13.6. The second-order valence-electron chi connectivity index (χ2n) is 5.82. The van der Waals surface area contributed by atoms with E-state index in [9.17, 15) is 4.79 Å². The summed E-state index contributed by atoms with van der Waals surface area (Å²) in [5, 5.41) is 3.81. The maximum atomic E-state index is 12.8. The number of hydrogen-bond donors (Lipinski definition) is 1. The van der Waals surface area contributed by atoms with Crippen LogP contribution in [0.3, 0.4) is 0 Å². The van der Waals surface area contributed by atoms with E-state index in [1.807, 2.05) is 49.4 Å². The van der Waals surface area contributed by atoms with Crippen molar-refractivity contribution >= 4 is 21.6 Å². The molecule has 4 aromatic rings. The molecule has 24 heavy (non-hydrogen) atoms. The molecular weight excluding hydrogens is 322 g/mol. The fourth-order valence-electron chi connectivity index (χ4n) is 3.08. The third kappa shape index (κ3) is 1.80. The van der Waals surface area contributed by atoms with E-state index in [2.05, 4.69) is 10.1 Å². The van der Waals surface area contributed by atoms with Gasteiger partial charge in [-0.2, -0.15) is 4.68 Å². The van der Waals surface area contributed by atoms with Gasteiger partial charge in [0.2, 0.25) is 10.9 Å². The lowest BCUT2D eigenvalue weighted by Gasteiger charge is -2.15. The molecule has 0 aliphatic carbocycles. The van der Waals surface area contributed by atoms with Gasteiger partial charge in [-0.15, -0.1) is 0 Å². The van der Waals surface area contributed by atoms with Gasteiger partial charge in [0.15, 0.2) is 0 Å². The molecule has 6 heteroatoms. The summed E-state index contributed by atoms with van der Waals surface area (Å²) in [4.78, 5) is 17.4. The first-order valence-electron chi connectivity index (χ1n) is 7.65. The number of aromatic nitrogens is 3. The van der Waals surface area contributed by atoms with Gasteiger partial charge in [0.25, 0.3) is 0 Å². The minimum absolute atomic E-state index is 0.198. The Hall–Kier alpha value is -2.86. The lowest BCUT2D eigenvalue weighted by Crippen LogP contribution is -2.16. The van der Waals surface area contributed by atoms with Crippen LogP contribution in [0.25, 0.3) is 26.6 Å². The highest BCUT2D eigenvalue weighted by Gasteiger charge is 2.25. The van der Waals surface area contributed by atoms with Gasteiger partial charge in [-0.05, 0) is 24.1 Å². The van der Waals surface area contributed by atoms with Crippen molar-refractivity contribution in [3.63, 3.8) is 0 Å². The number of H-pyrrole nitrogens is 1. The van der Waals surface area contributed by atoms with E-state index in [1.54, 1.807) is 0 Å². The smallest absolute Gasteiger partial charge is 0.316 e. The molecule has 0 fully saturated rings. The summed E-state index contributed by atoms with van der Waals surface area (Å²) >= 11 is 1.49. The van der Waals surface area contributed by atoms with E-state index < -0.39 is 0 Å². The Balaban J connectivity index is 1.75. The Labute approximate surface area is 141 Å². The quantitative estimate of drug-likeness (QED) is 0.578. The zero-order valence-electron chi connectivity index (χ0n) is 12.9. The van der Waals surface area contributed by atoms with E-state index in [4.69, 9.17) is 4.74 Å². The van der Waals surface area contributed by atoms with Crippen LogP contribution in [0.4, 0.5) is 0 Å². The zero-order valence-corrected chi connectivity index (χ0v) is 13.7. The molecule has 118 valence electrons. The number of nitrogens with zero attached hydrogens (tertiary/aromatic N) is 2. The molecule has 0 amide bonds. The number of hydrogen-bond acceptors (Lipinski definition) is 4. The standard InChI is InChI=1S/C18H13N3O2S/c1-10-5-4-8-13-14(10)19-18(24-13)21-17(22)16-15(20-21)12-7-3-2-6-11(12)9-23-16/h2-8,20H,9H2,1H3. The van der Waals surface area contributed by atoms with Crippen molar-refractivity contribution in [3.05, 3.63) is 63.9 Å². The first-order chi connectivity index (χ1) is 11.7. The van der Waals surface area contributed by atoms with Crippen molar-refractivity contribution in [1.29, 1.82) is 0 Å². The van der Waals surface area contributed by atoms with Gasteiger partial charge in [0, 0.05) is 5.56 Å². The van der Waals surface area contributed by atoms with Crippen LogP contribution in [0.15, 0.2) is 47.3 Å². The van der Waals surface area contributed by atoms with Crippen molar-refractivity contribution in [1.82, 2.24) is 14.8 Å². The number of ether oxygens (including phenoxy) is 1. The maximum absolute atomic E-state index is 12.8. The molecule has 3 heterocycles. The minimum atomic E-state index is -0.198. The molecule has 0 spiro atoms. The van der Waals surface area contributed by atoms with Gasteiger partial charge in [-0.25, -0.2) is 4.98 Å². The molecule has 1 aliphatic heterocycles. The van der Waals surface area contributed by atoms with Crippen molar-refractivity contribution in [3.8, 4) is 22.1 Å². The summed E-state index contributed by atoms with van der Waals surface area (Å²) in [5.41, 5.74) is 4.62. The summed E-state index contributed by atoms with van der Waals surface area (Å²) in [6.07, 6.45) is 0. The second kappa shape index (κ2) is 4.82. The van der Waals surface area contributed by atoms with Crippen LogP contribution in [0.2, 0.25) is 0 Å². The van der Waals surface area contributed by atoms with Crippen molar-refractivity contribution in [2.75, 3.05) is 0 Å². The van der Waals surface area contributed by atoms with E-state index in [0.717, 1.165) is 32.6 Å². The maximum Gasteiger partial charge on any atom is 0.316 e. The molecule has 5 rings (SSSR count). The third-order valence-corrected chi connectivity index (χ3v) is 5.31. The number of aromatic amines is 1. The zero-order chi connectivity index (χ0) is 16.3. The predicted octanol–water partition coefficient (Wildman–Crippen LogP) is 3.64. The SMILES string of the molecule is Cc1cccc2sc(-n3[nH]c4c(c3=O)OCc3ccccc3-4)nc12. The lowest BCUT2D eigenvalue weighted by atomic mass is 10.0. The van der Waals surface area contributed by atoms with Gasteiger partial charge < -0.3 is 4.74 Å². The van der Waals surface area contributed by atoms with Crippen molar-refractivity contribution < 1.29 is 4.74 Å². The van der Waals surface area contributed by atoms with Crippen molar-refractivity contribution in [2.45, 2.75) is 13.5 Å². The molecule has 2 aromatic carbocycles. The molecule has 0 saturated heterocycles. The monoisotopic (exact) mass is 335 g/mol. The number of fused-ring (bicyclic) bond motifs is 4. The minimum Gasteiger partial charge on any atom is -0.481 e. The summed E-state index contributed by atoms with van der Waals surface area (Å²) in [5.74, 6) is 0.365. The molecule has 0 saturated carbocycles. The van der Waals surface area contributed by atoms with Gasteiger partial charge in [0.1, 0.15) is 12.3 Å². The Morgan fingerprint density at radius 1 is 1.21 bits per heavy atom. The molecular formula is C18H13N3O2S. The molecule has 0 bridgehead atoms. The fourth-order valence-corrected chi connectivity index (χ4v) is 4.09. The average Bonchev–Trinajstić information content (AvgIpc) is 3.17.